The summed E-state index contributed by atoms with van der Waals surface area (Å²) in [6, 6.07) is -0.866. The van der Waals surface area contributed by atoms with Crippen LogP contribution in [0.2, 0.25) is 0 Å². The van der Waals surface area contributed by atoms with Gasteiger partial charge in [0, 0.05) is 13.0 Å². The van der Waals surface area contributed by atoms with Crippen LogP contribution in [0.25, 0.3) is 0 Å². The van der Waals surface area contributed by atoms with Crippen molar-refractivity contribution in [3.8, 4) is 0 Å². The van der Waals surface area contributed by atoms with E-state index >= 15 is 0 Å². The lowest BCUT2D eigenvalue weighted by Crippen LogP contribution is -2.45. The molecule has 0 bridgehead atoms. The molecule has 5 N–H and O–H groups in total. The summed E-state index contributed by atoms with van der Waals surface area (Å²) < 4.78 is 22.1. The molecule has 0 aromatic carbocycles. The summed E-state index contributed by atoms with van der Waals surface area (Å²) in [4.78, 5) is 22.7. The van der Waals surface area contributed by atoms with Crippen LogP contribution in [0.4, 0.5) is 0 Å². The van der Waals surface area contributed by atoms with Crippen molar-refractivity contribution in [2.24, 2.45) is 5.73 Å². The molecule has 3 unspecified atom stereocenters. The Hall–Kier alpha value is -1.28. The highest BCUT2D eigenvalue weighted by molar-refractivity contribution is 7.47. The molecule has 0 aliphatic rings. The molecule has 1 amide bonds. The smallest absolute Gasteiger partial charge is 0.387 e. The molecule has 0 fully saturated rings. The molecule has 0 saturated heterocycles. The van der Waals surface area contributed by atoms with E-state index in [1.165, 1.54) is 122 Å². The number of amides is 1. The van der Waals surface area contributed by atoms with Crippen LogP contribution in [0.3, 0.4) is 0 Å². The van der Waals surface area contributed by atoms with Crippen LogP contribution in [-0.2, 0) is 18.4 Å². The largest absolute Gasteiger partial charge is 0.472 e. The van der Waals surface area contributed by atoms with Gasteiger partial charge in [-0.1, -0.05) is 185 Å². The summed E-state index contributed by atoms with van der Waals surface area (Å²) >= 11 is 0. The van der Waals surface area contributed by atoms with Crippen LogP contribution < -0.4 is 11.1 Å². The lowest BCUT2D eigenvalue weighted by Gasteiger charge is -2.23. The van der Waals surface area contributed by atoms with Crippen molar-refractivity contribution in [2.45, 2.75) is 219 Å². The Balaban J connectivity index is 4.22. The van der Waals surface area contributed by atoms with Gasteiger partial charge < -0.3 is 21.1 Å². The summed E-state index contributed by atoms with van der Waals surface area (Å²) in [7, 11) is -4.34. The highest BCUT2D eigenvalue weighted by Crippen LogP contribution is 2.43. The van der Waals surface area contributed by atoms with Crippen LogP contribution >= 0.6 is 7.82 Å². The number of nitrogens with two attached hydrogens (primary N) is 1. The number of allylic oxidation sites excluding steroid dienone is 5. The Morgan fingerprint density at radius 3 is 1.53 bits per heavy atom. The zero-order valence-corrected chi connectivity index (χ0v) is 35.4. The lowest BCUT2D eigenvalue weighted by molar-refractivity contribution is -0.123. The number of phosphoric acid groups is 1. The standard InChI is InChI=1S/C44H85N2O6P/c1-3-5-7-9-11-13-15-17-19-20-21-22-24-25-27-29-31-33-35-37-43(47)42(41-52-53(49,50)51-40-39-45)46-44(48)38-36-34-32-30-28-26-23-18-16-14-12-10-8-6-4-2/h12,14,18,23,35,37,42-43,47H,3-11,13,15-17,19-22,24-34,36,38-41,45H2,1-2H3,(H,46,48)(H,49,50)/b14-12-,23-18-,37-35+. The van der Waals surface area contributed by atoms with E-state index in [9.17, 15) is 19.4 Å². The topological polar surface area (TPSA) is 131 Å². The van der Waals surface area contributed by atoms with Crippen molar-refractivity contribution in [2.75, 3.05) is 19.8 Å². The minimum atomic E-state index is -4.34. The van der Waals surface area contributed by atoms with Gasteiger partial charge >= 0.3 is 7.82 Å². The summed E-state index contributed by atoms with van der Waals surface area (Å²) in [6.07, 6.45) is 47.6. The Morgan fingerprint density at radius 2 is 1.04 bits per heavy atom. The average molecular weight is 769 g/mol. The van der Waals surface area contributed by atoms with Crippen LogP contribution in [0.1, 0.15) is 206 Å². The number of hydrogen-bond acceptors (Lipinski definition) is 6. The van der Waals surface area contributed by atoms with Gasteiger partial charge in [-0.15, -0.1) is 0 Å². The van der Waals surface area contributed by atoms with E-state index < -0.39 is 20.0 Å². The number of rotatable bonds is 41. The van der Waals surface area contributed by atoms with Crippen molar-refractivity contribution in [1.29, 1.82) is 0 Å². The third kappa shape index (κ3) is 38.8. The molecule has 0 rings (SSSR count). The molecule has 0 aliphatic heterocycles. The number of aliphatic hydroxyl groups is 1. The van der Waals surface area contributed by atoms with E-state index in [4.69, 9.17) is 14.8 Å². The fraction of sp³-hybridized carbons (Fsp3) is 0.841. The van der Waals surface area contributed by atoms with Gasteiger partial charge in [-0.2, -0.15) is 0 Å². The van der Waals surface area contributed by atoms with Crippen molar-refractivity contribution >= 4 is 13.7 Å². The van der Waals surface area contributed by atoms with E-state index in [0.29, 0.717) is 6.42 Å². The fourth-order valence-electron chi connectivity index (χ4n) is 6.34. The highest BCUT2D eigenvalue weighted by Gasteiger charge is 2.26. The predicted octanol–water partition coefficient (Wildman–Crippen LogP) is 12.3. The average Bonchev–Trinajstić information content (AvgIpc) is 3.14. The number of nitrogens with one attached hydrogen (secondary N) is 1. The summed E-state index contributed by atoms with van der Waals surface area (Å²) in [5.74, 6) is -0.208. The molecule has 9 heteroatoms. The molecule has 0 aromatic rings. The van der Waals surface area contributed by atoms with Crippen LogP contribution in [0.15, 0.2) is 36.5 Å². The Morgan fingerprint density at radius 1 is 0.623 bits per heavy atom. The van der Waals surface area contributed by atoms with E-state index in [0.717, 1.165) is 64.2 Å². The number of unbranched alkanes of at least 4 members (excludes halogenated alkanes) is 25. The molecule has 53 heavy (non-hydrogen) atoms. The molecule has 0 aliphatic carbocycles. The van der Waals surface area contributed by atoms with Gasteiger partial charge in [0.1, 0.15) is 0 Å². The third-order valence-electron chi connectivity index (χ3n) is 9.71. The quantitative estimate of drug-likeness (QED) is 0.0277. The molecular formula is C44H85N2O6P. The highest BCUT2D eigenvalue weighted by atomic mass is 31.2. The van der Waals surface area contributed by atoms with Gasteiger partial charge in [-0.25, -0.2) is 4.57 Å². The summed E-state index contributed by atoms with van der Waals surface area (Å²) in [5.41, 5.74) is 5.37. The van der Waals surface area contributed by atoms with Gasteiger partial charge in [-0.05, 0) is 51.4 Å². The fourth-order valence-corrected chi connectivity index (χ4v) is 7.10. The van der Waals surface area contributed by atoms with Crippen LogP contribution in [0, 0.1) is 0 Å². The molecule has 0 radical (unpaired) electrons. The first-order chi connectivity index (χ1) is 25.9. The monoisotopic (exact) mass is 769 g/mol. The number of carbonyl (C=O) groups excluding carboxylic acids is 1. The molecule has 312 valence electrons. The maximum Gasteiger partial charge on any atom is 0.472 e. The molecule has 0 spiro atoms. The van der Waals surface area contributed by atoms with Gasteiger partial charge in [-0.3, -0.25) is 13.8 Å². The first-order valence-electron chi connectivity index (χ1n) is 22.1. The van der Waals surface area contributed by atoms with Crippen molar-refractivity contribution < 1.29 is 28.4 Å². The van der Waals surface area contributed by atoms with Crippen molar-refractivity contribution in [3.05, 3.63) is 36.5 Å². The van der Waals surface area contributed by atoms with Crippen LogP contribution in [-0.4, -0.2) is 47.8 Å². The van der Waals surface area contributed by atoms with Crippen molar-refractivity contribution in [3.63, 3.8) is 0 Å². The molecule has 8 nitrogen and oxygen atoms in total. The Kier molecular flexibility index (Phi) is 39.4. The van der Waals surface area contributed by atoms with Gasteiger partial charge in [0.15, 0.2) is 0 Å². The minimum absolute atomic E-state index is 0.0758. The van der Waals surface area contributed by atoms with E-state index in [2.05, 4.69) is 43.5 Å². The second-order valence-corrected chi connectivity index (χ2v) is 16.4. The van der Waals surface area contributed by atoms with Crippen LogP contribution in [0.5, 0.6) is 0 Å². The van der Waals surface area contributed by atoms with Gasteiger partial charge in [0.2, 0.25) is 5.91 Å². The molecular weight excluding hydrogens is 683 g/mol. The second-order valence-electron chi connectivity index (χ2n) is 14.9. The Labute approximate surface area is 327 Å². The maximum atomic E-state index is 12.7. The summed E-state index contributed by atoms with van der Waals surface area (Å²) in [5, 5.41) is 13.7. The summed E-state index contributed by atoms with van der Waals surface area (Å²) in [6.45, 7) is 4.10. The number of carbonyl (C=O) groups is 1. The zero-order chi connectivity index (χ0) is 38.9. The third-order valence-corrected chi connectivity index (χ3v) is 10.7. The Bertz CT molecular complexity index is 928. The van der Waals surface area contributed by atoms with Gasteiger partial charge in [0.25, 0.3) is 0 Å². The van der Waals surface area contributed by atoms with E-state index in [1.807, 2.05) is 6.08 Å². The van der Waals surface area contributed by atoms with E-state index in [1.54, 1.807) is 6.08 Å². The first-order valence-corrected chi connectivity index (χ1v) is 23.6. The molecule has 0 heterocycles. The van der Waals surface area contributed by atoms with Crippen molar-refractivity contribution in [1.82, 2.24) is 5.32 Å². The number of phosphoric ester groups is 1. The maximum absolute atomic E-state index is 12.7. The SMILES string of the molecule is CCCCC/C=C\C/C=C\CCCCCCCC(=O)NC(COP(=O)(O)OCCN)C(O)/C=C/CCCCCCCCCCCCCCCCCCC. The number of hydrogen-bond donors (Lipinski definition) is 4. The molecule has 0 saturated carbocycles. The zero-order valence-electron chi connectivity index (χ0n) is 34.5. The predicted molar refractivity (Wildman–Crippen MR) is 226 cm³/mol. The van der Waals surface area contributed by atoms with Gasteiger partial charge in [0.05, 0.1) is 25.4 Å². The normalized spacial score (nSPS) is 14.4. The van der Waals surface area contributed by atoms with E-state index in [-0.39, 0.29) is 25.7 Å². The first kappa shape index (κ1) is 51.7. The second kappa shape index (κ2) is 40.4. The molecule has 0 aromatic heterocycles. The lowest BCUT2D eigenvalue weighted by atomic mass is 10.0. The molecule has 3 atom stereocenters. The minimum Gasteiger partial charge on any atom is -0.387 e. The number of aliphatic hydroxyl groups excluding tert-OH is 1.